The summed E-state index contributed by atoms with van der Waals surface area (Å²) in [5.74, 6) is 0.323. The van der Waals surface area contributed by atoms with Gasteiger partial charge >= 0.3 is 0 Å². The van der Waals surface area contributed by atoms with Crippen LogP contribution >= 0.6 is 0 Å². The van der Waals surface area contributed by atoms with Gasteiger partial charge in [0.25, 0.3) is 0 Å². The molecule has 1 rings (SSSR count). The van der Waals surface area contributed by atoms with Crippen molar-refractivity contribution in [3.05, 3.63) is 0 Å². The summed E-state index contributed by atoms with van der Waals surface area (Å²) in [4.78, 5) is 0. The van der Waals surface area contributed by atoms with Gasteiger partial charge < -0.3 is 11.5 Å². The topological polar surface area (TPSA) is 52.0 Å². The van der Waals surface area contributed by atoms with Crippen molar-refractivity contribution in [3.8, 4) is 0 Å². The van der Waals surface area contributed by atoms with Crippen molar-refractivity contribution >= 4 is 0 Å². The third-order valence-corrected chi connectivity index (χ3v) is 2.56. The lowest BCUT2D eigenvalue weighted by atomic mass is 9.81. The van der Waals surface area contributed by atoms with Gasteiger partial charge in [0.2, 0.25) is 0 Å². The molecule has 0 radical (unpaired) electrons. The molecule has 3 atom stereocenters. The maximum Gasteiger partial charge on any atom is 0.0897 e. The Hall–Kier alpha value is -0.150. The fourth-order valence-corrected chi connectivity index (χ4v) is 1.80. The highest BCUT2D eigenvalue weighted by Crippen LogP contribution is 2.24. The lowest BCUT2D eigenvalue weighted by Gasteiger charge is -2.31. The first-order valence-corrected chi connectivity index (χ1v) is 4.31. The predicted octanol–water partition coefficient (Wildman–Crippen LogP) is 0.801. The van der Waals surface area contributed by atoms with Crippen molar-refractivity contribution < 1.29 is 4.39 Å². The van der Waals surface area contributed by atoms with E-state index in [1.807, 2.05) is 0 Å². The Kier molecular flexibility index (Phi) is 3.27. The Morgan fingerprint density at radius 3 is 2.64 bits per heavy atom. The van der Waals surface area contributed by atoms with Crippen LogP contribution in [-0.4, -0.2) is 18.8 Å². The number of alkyl halides is 1. The number of nitrogens with two attached hydrogens (primary N) is 2. The van der Waals surface area contributed by atoms with Gasteiger partial charge in [-0.05, 0) is 31.6 Å². The molecule has 0 saturated heterocycles. The number of hydrogen-bond donors (Lipinski definition) is 2. The molecule has 3 heteroatoms. The third kappa shape index (κ3) is 2.42. The molecule has 0 aromatic heterocycles. The van der Waals surface area contributed by atoms with Crippen molar-refractivity contribution in [2.24, 2.45) is 17.4 Å². The summed E-state index contributed by atoms with van der Waals surface area (Å²) in [5, 5.41) is 0. The van der Waals surface area contributed by atoms with Crippen LogP contribution in [-0.2, 0) is 0 Å². The summed E-state index contributed by atoms with van der Waals surface area (Å²) >= 11 is 0. The van der Waals surface area contributed by atoms with E-state index < -0.39 is 0 Å². The normalized spacial score (nSPS) is 39.0. The molecule has 1 aliphatic rings. The number of halogens is 1. The zero-order valence-corrected chi connectivity index (χ0v) is 6.80. The van der Waals surface area contributed by atoms with Crippen LogP contribution in [0.15, 0.2) is 0 Å². The second-order valence-corrected chi connectivity index (χ2v) is 3.47. The predicted molar refractivity (Wildman–Crippen MR) is 43.9 cm³/mol. The maximum absolute atomic E-state index is 12.0. The molecule has 0 spiro atoms. The smallest absolute Gasteiger partial charge is 0.0897 e. The molecule has 2 nitrogen and oxygen atoms in total. The summed E-state index contributed by atoms with van der Waals surface area (Å²) in [6.07, 6.45) is 3.47. The van der Waals surface area contributed by atoms with E-state index in [0.717, 1.165) is 19.3 Å². The molecule has 0 aromatic carbocycles. The molecule has 1 fully saturated rings. The molecule has 0 aromatic rings. The fourth-order valence-electron chi connectivity index (χ4n) is 1.80. The Bertz CT molecular complexity index is 119. The number of rotatable bonds is 2. The van der Waals surface area contributed by atoms with E-state index in [-0.39, 0.29) is 18.8 Å². The van der Waals surface area contributed by atoms with E-state index in [4.69, 9.17) is 11.5 Å². The molecule has 0 bridgehead atoms. The summed E-state index contributed by atoms with van der Waals surface area (Å²) < 4.78 is 12.0. The van der Waals surface area contributed by atoms with E-state index >= 15 is 0 Å². The number of hydrogen-bond acceptors (Lipinski definition) is 2. The van der Waals surface area contributed by atoms with Crippen molar-refractivity contribution in [1.29, 1.82) is 0 Å². The highest BCUT2D eigenvalue weighted by atomic mass is 19.1. The van der Waals surface area contributed by atoms with Crippen LogP contribution < -0.4 is 11.5 Å². The molecule has 11 heavy (non-hydrogen) atoms. The highest BCUT2D eigenvalue weighted by Gasteiger charge is 2.25. The molecule has 1 saturated carbocycles. The van der Waals surface area contributed by atoms with Crippen molar-refractivity contribution in [1.82, 2.24) is 0 Å². The lowest BCUT2D eigenvalue weighted by Crippen LogP contribution is -2.41. The Labute approximate surface area is 67.1 Å². The summed E-state index contributed by atoms with van der Waals surface area (Å²) in [6.45, 7) is -0.259. The van der Waals surface area contributed by atoms with Crippen LogP contribution in [0.1, 0.15) is 25.7 Å². The first-order chi connectivity index (χ1) is 5.24. The maximum atomic E-state index is 12.0. The first-order valence-electron chi connectivity index (χ1n) is 4.31. The van der Waals surface area contributed by atoms with Crippen LogP contribution in [0.5, 0.6) is 0 Å². The molecule has 0 amide bonds. The SMILES string of the molecule is N[C@H]1CC[C@H](N)C(CCF)C1. The second kappa shape index (κ2) is 4.02. The minimum absolute atomic E-state index is 0.186. The average Bonchev–Trinajstić information content (AvgIpc) is 1.98. The molecule has 0 aliphatic heterocycles. The minimum Gasteiger partial charge on any atom is -0.328 e. The summed E-state index contributed by atoms with van der Waals surface area (Å²) in [6, 6.07) is 0.442. The molecule has 1 aliphatic carbocycles. The summed E-state index contributed by atoms with van der Waals surface area (Å²) in [5.41, 5.74) is 11.5. The zero-order valence-electron chi connectivity index (χ0n) is 6.80. The van der Waals surface area contributed by atoms with E-state index in [0.29, 0.717) is 12.3 Å². The quantitative estimate of drug-likeness (QED) is 0.627. The standard InChI is InChI=1S/C8H17FN2/c9-4-3-6-5-7(10)1-2-8(6)11/h6-8H,1-5,10-11H2/t6?,7-,8-/m0/s1. The Balaban J connectivity index is 2.34. The van der Waals surface area contributed by atoms with E-state index in [1.165, 1.54) is 0 Å². The van der Waals surface area contributed by atoms with Crippen LogP contribution in [0, 0.1) is 5.92 Å². The van der Waals surface area contributed by atoms with Gasteiger partial charge in [-0.15, -0.1) is 0 Å². The van der Waals surface area contributed by atoms with Gasteiger partial charge in [0.1, 0.15) is 0 Å². The van der Waals surface area contributed by atoms with E-state index in [2.05, 4.69) is 0 Å². The van der Waals surface area contributed by atoms with Gasteiger partial charge in [-0.1, -0.05) is 0 Å². The molecular formula is C8H17FN2. The lowest BCUT2D eigenvalue weighted by molar-refractivity contribution is 0.246. The first kappa shape index (κ1) is 8.94. The second-order valence-electron chi connectivity index (χ2n) is 3.47. The minimum atomic E-state index is -0.259. The average molecular weight is 160 g/mol. The fraction of sp³-hybridized carbons (Fsp3) is 1.00. The van der Waals surface area contributed by atoms with Gasteiger partial charge in [-0.25, -0.2) is 0 Å². The third-order valence-electron chi connectivity index (χ3n) is 2.56. The molecule has 66 valence electrons. The van der Waals surface area contributed by atoms with Gasteiger partial charge in [0, 0.05) is 12.1 Å². The molecular weight excluding hydrogens is 143 g/mol. The van der Waals surface area contributed by atoms with E-state index in [9.17, 15) is 4.39 Å². The molecule has 4 N–H and O–H groups in total. The van der Waals surface area contributed by atoms with Crippen LogP contribution in [0.2, 0.25) is 0 Å². The van der Waals surface area contributed by atoms with E-state index in [1.54, 1.807) is 0 Å². The van der Waals surface area contributed by atoms with Gasteiger partial charge in [0.15, 0.2) is 0 Å². The van der Waals surface area contributed by atoms with Crippen LogP contribution in [0.3, 0.4) is 0 Å². The zero-order chi connectivity index (χ0) is 8.27. The van der Waals surface area contributed by atoms with Gasteiger partial charge in [-0.2, -0.15) is 0 Å². The monoisotopic (exact) mass is 160 g/mol. The van der Waals surface area contributed by atoms with Crippen molar-refractivity contribution in [2.45, 2.75) is 37.8 Å². The molecule has 1 unspecified atom stereocenters. The molecule has 0 heterocycles. The largest absolute Gasteiger partial charge is 0.328 e. The van der Waals surface area contributed by atoms with Crippen LogP contribution in [0.25, 0.3) is 0 Å². The Morgan fingerprint density at radius 2 is 2.00 bits per heavy atom. The van der Waals surface area contributed by atoms with Gasteiger partial charge in [-0.3, -0.25) is 4.39 Å². The van der Waals surface area contributed by atoms with Crippen molar-refractivity contribution in [3.63, 3.8) is 0 Å². The van der Waals surface area contributed by atoms with Crippen LogP contribution in [0.4, 0.5) is 4.39 Å². The van der Waals surface area contributed by atoms with Crippen molar-refractivity contribution in [2.75, 3.05) is 6.67 Å². The van der Waals surface area contributed by atoms with Gasteiger partial charge in [0.05, 0.1) is 6.67 Å². The summed E-state index contributed by atoms with van der Waals surface area (Å²) in [7, 11) is 0. The Morgan fingerprint density at radius 1 is 1.27 bits per heavy atom. The highest BCUT2D eigenvalue weighted by molar-refractivity contribution is 4.83.